The highest BCUT2D eigenvalue weighted by Crippen LogP contribution is 2.27. The van der Waals surface area contributed by atoms with Crippen LogP contribution >= 0.6 is 0 Å². The number of amides is 1. The van der Waals surface area contributed by atoms with E-state index in [4.69, 9.17) is 0 Å². The topological polar surface area (TPSA) is 69.0 Å². The van der Waals surface area contributed by atoms with Gasteiger partial charge in [-0.3, -0.25) is 9.78 Å². The zero-order chi connectivity index (χ0) is 21.8. The number of anilines is 3. The first-order valence-corrected chi connectivity index (χ1v) is 10.1. The second kappa shape index (κ2) is 8.68. The van der Waals surface area contributed by atoms with Gasteiger partial charge in [-0.2, -0.15) is 5.26 Å². The molecule has 4 rings (SSSR count). The minimum atomic E-state index is -0.0415. The SMILES string of the molecule is CCc1cccc(C(=O)N(C)c2ccc(Nc3ccnc4ccc(C#N)cc34)cc2)c1. The van der Waals surface area contributed by atoms with E-state index < -0.39 is 0 Å². The number of carbonyl (C=O) groups is 1. The Labute approximate surface area is 181 Å². The molecule has 31 heavy (non-hydrogen) atoms. The van der Waals surface area contributed by atoms with Crippen molar-refractivity contribution in [1.29, 1.82) is 5.26 Å². The van der Waals surface area contributed by atoms with Gasteiger partial charge in [-0.1, -0.05) is 19.1 Å². The number of pyridine rings is 1. The van der Waals surface area contributed by atoms with Crippen LogP contribution in [0.5, 0.6) is 0 Å². The molecule has 1 amide bonds. The molecular weight excluding hydrogens is 384 g/mol. The number of carbonyl (C=O) groups excluding carboxylic acids is 1. The van der Waals surface area contributed by atoms with Crippen LogP contribution in [0.4, 0.5) is 17.1 Å². The first-order chi connectivity index (χ1) is 15.1. The summed E-state index contributed by atoms with van der Waals surface area (Å²) in [5.74, 6) is -0.0415. The van der Waals surface area contributed by atoms with Crippen LogP contribution in [0.15, 0.2) is 79.0 Å². The van der Waals surface area contributed by atoms with Gasteiger partial charge in [0.25, 0.3) is 5.91 Å². The van der Waals surface area contributed by atoms with Crippen LogP contribution < -0.4 is 10.2 Å². The highest BCUT2D eigenvalue weighted by molar-refractivity contribution is 6.06. The van der Waals surface area contributed by atoms with E-state index in [1.54, 1.807) is 24.2 Å². The van der Waals surface area contributed by atoms with E-state index >= 15 is 0 Å². The van der Waals surface area contributed by atoms with Crippen molar-refractivity contribution < 1.29 is 4.79 Å². The average Bonchev–Trinajstić information content (AvgIpc) is 2.83. The Balaban J connectivity index is 1.55. The predicted molar refractivity (Wildman–Crippen MR) is 125 cm³/mol. The minimum absolute atomic E-state index is 0.0415. The molecular formula is C26H22N4O. The van der Waals surface area contributed by atoms with E-state index in [0.29, 0.717) is 11.1 Å². The van der Waals surface area contributed by atoms with Gasteiger partial charge in [-0.05, 0) is 72.6 Å². The molecule has 0 saturated heterocycles. The average molecular weight is 406 g/mol. The summed E-state index contributed by atoms with van der Waals surface area (Å²) in [6.45, 7) is 2.08. The Morgan fingerprint density at radius 3 is 2.61 bits per heavy atom. The molecule has 1 heterocycles. The standard InChI is InChI=1S/C26H22N4O/c1-3-18-5-4-6-20(15-18)26(31)30(2)22-10-8-21(9-11-22)29-25-13-14-28-24-12-7-19(17-27)16-23(24)25/h4-16H,3H2,1-2H3,(H,28,29). The molecule has 0 unspecified atom stereocenters. The zero-order valence-electron chi connectivity index (χ0n) is 17.5. The summed E-state index contributed by atoms with van der Waals surface area (Å²) in [7, 11) is 1.78. The highest BCUT2D eigenvalue weighted by Gasteiger charge is 2.14. The summed E-state index contributed by atoms with van der Waals surface area (Å²) in [4.78, 5) is 18.9. The molecule has 3 aromatic carbocycles. The van der Waals surface area contributed by atoms with E-state index in [1.165, 1.54) is 0 Å². The molecule has 0 atom stereocenters. The third kappa shape index (κ3) is 4.24. The number of fused-ring (bicyclic) bond motifs is 1. The summed E-state index contributed by atoms with van der Waals surface area (Å²) in [5, 5.41) is 13.5. The molecule has 152 valence electrons. The zero-order valence-corrected chi connectivity index (χ0v) is 17.5. The molecule has 4 aromatic rings. The van der Waals surface area contributed by atoms with Gasteiger partial charge in [0.2, 0.25) is 0 Å². The predicted octanol–water partition coefficient (Wildman–Crippen LogP) is 5.69. The van der Waals surface area contributed by atoms with Crippen molar-refractivity contribution in [3.63, 3.8) is 0 Å². The summed E-state index contributed by atoms with van der Waals surface area (Å²) >= 11 is 0. The second-order valence-corrected chi connectivity index (χ2v) is 7.29. The van der Waals surface area contributed by atoms with E-state index in [-0.39, 0.29) is 5.91 Å². The van der Waals surface area contributed by atoms with Crippen molar-refractivity contribution in [2.45, 2.75) is 13.3 Å². The maximum Gasteiger partial charge on any atom is 0.258 e. The molecule has 0 bridgehead atoms. The van der Waals surface area contributed by atoms with Crippen molar-refractivity contribution in [3.05, 3.63) is 95.7 Å². The van der Waals surface area contributed by atoms with Crippen molar-refractivity contribution in [1.82, 2.24) is 4.98 Å². The number of nitrogens with one attached hydrogen (secondary N) is 1. The Morgan fingerprint density at radius 1 is 1.06 bits per heavy atom. The van der Waals surface area contributed by atoms with Crippen LogP contribution in [0, 0.1) is 11.3 Å². The first-order valence-electron chi connectivity index (χ1n) is 10.1. The fourth-order valence-corrected chi connectivity index (χ4v) is 3.48. The minimum Gasteiger partial charge on any atom is -0.355 e. The molecule has 0 aliphatic rings. The number of hydrogen-bond acceptors (Lipinski definition) is 4. The molecule has 0 aliphatic carbocycles. The smallest absolute Gasteiger partial charge is 0.258 e. The molecule has 1 N–H and O–H groups in total. The van der Waals surface area contributed by atoms with Crippen LogP contribution in [-0.4, -0.2) is 17.9 Å². The first kappa shape index (κ1) is 20.1. The van der Waals surface area contributed by atoms with Gasteiger partial charge in [-0.25, -0.2) is 0 Å². The molecule has 5 heteroatoms. The van der Waals surface area contributed by atoms with Gasteiger partial charge in [0.05, 0.1) is 17.1 Å². The van der Waals surface area contributed by atoms with E-state index in [0.717, 1.165) is 39.9 Å². The van der Waals surface area contributed by atoms with Gasteiger partial charge in [0, 0.05) is 41.3 Å². The Hall–Kier alpha value is -4.17. The maximum atomic E-state index is 12.9. The summed E-state index contributed by atoms with van der Waals surface area (Å²) < 4.78 is 0. The van der Waals surface area contributed by atoms with Gasteiger partial charge in [0.15, 0.2) is 0 Å². The van der Waals surface area contributed by atoms with Crippen molar-refractivity contribution in [3.8, 4) is 6.07 Å². The van der Waals surface area contributed by atoms with Crippen molar-refractivity contribution in [2.24, 2.45) is 0 Å². The monoisotopic (exact) mass is 406 g/mol. The van der Waals surface area contributed by atoms with Crippen LogP contribution in [0.1, 0.15) is 28.4 Å². The number of aryl methyl sites for hydroxylation is 1. The number of rotatable bonds is 5. The molecule has 0 fully saturated rings. The molecule has 1 aromatic heterocycles. The Morgan fingerprint density at radius 2 is 1.87 bits per heavy atom. The van der Waals surface area contributed by atoms with Crippen molar-refractivity contribution in [2.75, 3.05) is 17.3 Å². The van der Waals surface area contributed by atoms with Crippen LogP contribution in [-0.2, 0) is 6.42 Å². The molecule has 0 radical (unpaired) electrons. The Bertz CT molecular complexity index is 1290. The van der Waals surface area contributed by atoms with Gasteiger partial charge >= 0.3 is 0 Å². The fourth-order valence-electron chi connectivity index (χ4n) is 3.48. The lowest BCUT2D eigenvalue weighted by molar-refractivity contribution is 0.0993. The van der Waals surface area contributed by atoms with Crippen molar-refractivity contribution >= 4 is 33.9 Å². The third-order valence-electron chi connectivity index (χ3n) is 5.29. The number of benzene rings is 3. The second-order valence-electron chi connectivity index (χ2n) is 7.29. The largest absolute Gasteiger partial charge is 0.355 e. The molecule has 0 aliphatic heterocycles. The van der Waals surface area contributed by atoms with Gasteiger partial charge in [-0.15, -0.1) is 0 Å². The lowest BCUT2D eigenvalue weighted by Gasteiger charge is -2.18. The maximum absolute atomic E-state index is 12.9. The highest BCUT2D eigenvalue weighted by atomic mass is 16.2. The lowest BCUT2D eigenvalue weighted by atomic mass is 10.1. The fraction of sp³-hybridized carbons (Fsp3) is 0.115. The third-order valence-corrected chi connectivity index (χ3v) is 5.29. The normalized spacial score (nSPS) is 10.5. The van der Waals surface area contributed by atoms with E-state index in [9.17, 15) is 10.1 Å². The Kier molecular flexibility index (Phi) is 5.63. The van der Waals surface area contributed by atoms with E-state index in [1.807, 2.05) is 66.7 Å². The molecule has 5 nitrogen and oxygen atoms in total. The van der Waals surface area contributed by atoms with Crippen LogP contribution in [0.3, 0.4) is 0 Å². The summed E-state index contributed by atoms with van der Waals surface area (Å²) in [5.41, 5.74) is 5.79. The van der Waals surface area contributed by atoms with E-state index in [2.05, 4.69) is 23.3 Å². The van der Waals surface area contributed by atoms with Crippen LogP contribution in [0.2, 0.25) is 0 Å². The number of nitriles is 1. The quantitative estimate of drug-likeness (QED) is 0.462. The molecule has 0 saturated carbocycles. The van der Waals surface area contributed by atoms with Crippen LogP contribution in [0.25, 0.3) is 10.9 Å². The summed E-state index contributed by atoms with van der Waals surface area (Å²) in [6.07, 6.45) is 2.63. The lowest BCUT2D eigenvalue weighted by Crippen LogP contribution is -2.26. The number of aromatic nitrogens is 1. The van der Waals surface area contributed by atoms with Gasteiger partial charge in [0.1, 0.15) is 0 Å². The molecule has 0 spiro atoms. The summed E-state index contributed by atoms with van der Waals surface area (Å²) in [6, 6.07) is 24.9. The number of hydrogen-bond donors (Lipinski definition) is 1. The number of nitrogens with zero attached hydrogens (tertiary/aromatic N) is 3. The van der Waals surface area contributed by atoms with Gasteiger partial charge < -0.3 is 10.2 Å².